The molecule has 2 N–H and O–H groups in total. The number of aliphatic hydroxyl groups excluding tert-OH is 1. The molecular weight excluding hydrogens is 264 g/mol. The standard InChI is InChI=1S/C12H12ClF2NO2/c13-9-4-11(15)10(14)3-8(9)12(18)16-5-6-1-7(17)2-6/h3-4,6-7,17H,1-2,5H2,(H,16,18). The number of nitrogens with one attached hydrogen (secondary N) is 1. The van der Waals surface area contributed by atoms with Crippen molar-refractivity contribution in [1.82, 2.24) is 5.32 Å². The first kappa shape index (κ1) is 13.2. The molecule has 0 radical (unpaired) electrons. The topological polar surface area (TPSA) is 49.3 Å². The molecule has 3 nitrogen and oxygen atoms in total. The van der Waals surface area contributed by atoms with Crippen molar-refractivity contribution >= 4 is 17.5 Å². The molecule has 6 heteroatoms. The number of hydrogen-bond donors (Lipinski definition) is 2. The summed E-state index contributed by atoms with van der Waals surface area (Å²) in [7, 11) is 0. The van der Waals surface area contributed by atoms with Gasteiger partial charge in [0.1, 0.15) is 0 Å². The van der Waals surface area contributed by atoms with Crippen LogP contribution in [0.1, 0.15) is 23.2 Å². The van der Waals surface area contributed by atoms with Crippen LogP contribution >= 0.6 is 11.6 Å². The van der Waals surface area contributed by atoms with Crippen molar-refractivity contribution in [2.45, 2.75) is 18.9 Å². The highest BCUT2D eigenvalue weighted by Crippen LogP contribution is 2.26. The Morgan fingerprint density at radius 2 is 2.00 bits per heavy atom. The van der Waals surface area contributed by atoms with E-state index in [1.165, 1.54) is 0 Å². The fourth-order valence-electron chi connectivity index (χ4n) is 1.90. The summed E-state index contributed by atoms with van der Waals surface area (Å²) in [5.41, 5.74) is -0.0876. The van der Waals surface area contributed by atoms with Crippen LogP contribution in [0.5, 0.6) is 0 Å². The second-order valence-electron chi connectivity index (χ2n) is 4.45. The molecule has 18 heavy (non-hydrogen) atoms. The van der Waals surface area contributed by atoms with Crippen LogP contribution in [0.25, 0.3) is 0 Å². The van der Waals surface area contributed by atoms with Gasteiger partial charge < -0.3 is 10.4 Å². The number of hydrogen-bond acceptors (Lipinski definition) is 2. The molecule has 0 atom stereocenters. The fourth-order valence-corrected chi connectivity index (χ4v) is 2.13. The van der Waals surface area contributed by atoms with Gasteiger partial charge in [-0.3, -0.25) is 4.79 Å². The smallest absolute Gasteiger partial charge is 0.252 e. The maximum absolute atomic E-state index is 13.0. The summed E-state index contributed by atoms with van der Waals surface area (Å²) in [6.07, 6.45) is 0.996. The minimum atomic E-state index is -1.11. The van der Waals surface area contributed by atoms with E-state index < -0.39 is 17.5 Å². The summed E-state index contributed by atoms with van der Waals surface area (Å²) in [6, 6.07) is 1.56. The number of carbonyl (C=O) groups excluding carboxylic acids is 1. The van der Waals surface area contributed by atoms with Gasteiger partial charge in [-0.25, -0.2) is 8.78 Å². The first-order valence-electron chi connectivity index (χ1n) is 5.58. The van der Waals surface area contributed by atoms with E-state index in [0.717, 1.165) is 12.1 Å². The molecule has 0 heterocycles. The van der Waals surface area contributed by atoms with Crippen LogP contribution in [0.3, 0.4) is 0 Å². The molecular formula is C12H12ClF2NO2. The average Bonchev–Trinajstić information content (AvgIpc) is 2.27. The van der Waals surface area contributed by atoms with Crippen LogP contribution in [-0.2, 0) is 0 Å². The maximum atomic E-state index is 13.0. The summed E-state index contributed by atoms with van der Waals surface area (Å²) in [5, 5.41) is 11.5. The number of halogens is 3. The summed E-state index contributed by atoms with van der Waals surface area (Å²) in [6.45, 7) is 0.394. The van der Waals surface area contributed by atoms with Gasteiger partial charge in [0, 0.05) is 6.54 Å². The van der Waals surface area contributed by atoms with Gasteiger partial charge in [0.05, 0.1) is 16.7 Å². The number of aliphatic hydroxyl groups is 1. The first-order valence-corrected chi connectivity index (χ1v) is 5.96. The summed E-state index contributed by atoms with van der Waals surface area (Å²) in [5.74, 6) is -2.50. The third-order valence-electron chi connectivity index (χ3n) is 3.02. The van der Waals surface area contributed by atoms with Crippen LogP contribution in [0.15, 0.2) is 12.1 Å². The molecule has 0 spiro atoms. The summed E-state index contributed by atoms with van der Waals surface area (Å²) >= 11 is 5.68. The van der Waals surface area contributed by atoms with E-state index >= 15 is 0 Å². The van der Waals surface area contributed by atoms with Gasteiger partial charge in [-0.2, -0.15) is 0 Å². The SMILES string of the molecule is O=C(NCC1CC(O)C1)c1cc(F)c(F)cc1Cl. The first-order chi connectivity index (χ1) is 8.47. The maximum Gasteiger partial charge on any atom is 0.252 e. The lowest BCUT2D eigenvalue weighted by molar-refractivity contribution is 0.0420. The van der Waals surface area contributed by atoms with E-state index in [9.17, 15) is 13.6 Å². The molecule has 1 aliphatic carbocycles. The molecule has 1 aromatic rings. The predicted octanol–water partition coefficient (Wildman–Crippen LogP) is 2.12. The Kier molecular flexibility index (Phi) is 3.82. The molecule has 1 amide bonds. The van der Waals surface area contributed by atoms with Crippen molar-refractivity contribution in [3.05, 3.63) is 34.4 Å². The molecule has 0 aliphatic heterocycles. The van der Waals surface area contributed by atoms with Crippen molar-refractivity contribution in [2.75, 3.05) is 6.54 Å². The quantitative estimate of drug-likeness (QED) is 0.830. The van der Waals surface area contributed by atoms with Gasteiger partial charge in [-0.15, -0.1) is 0 Å². The molecule has 0 bridgehead atoms. The highest BCUT2D eigenvalue weighted by molar-refractivity contribution is 6.33. The zero-order valence-corrected chi connectivity index (χ0v) is 10.2. The Labute approximate surface area is 108 Å². The van der Waals surface area contributed by atoms with Crippen molar-refractivity contribution in [1.29, 1.82) is 0 Å². The van der Waals surface area contributed by atoms with E-state index in [0.29, 0.717) is 19.4 Å². The third kappa shape index (κ3) is 2.79. The third-order valence-corrected chi connectivity index (χ3v) is 3.33. The molecule has 2 rings (SSSR count). The number of rotatable bonds is 3. The van der Waals surface area contributed by atoms with Crippen LogP contribution in [0.4, 0.5) is 8.78 Å². The van der Waals surface area contributed by atoms with Gasteiger partial charge in [0.15, 0.2) is 11.6 Å². The summed E-state index contributed by atoms with van der Waals surface area (Å²) in [4.78, 5) is 11.7. The van der Waals surface area contributed by atoms with Crippen LogP contribution in [0, 0.1) is 17.6 Å². The number of carbonyl (C=O) groups is 1. The molecule has 1 aromatic carbocycles. The molecule has 0 saturated heterocycles. The molecule has 98 valence electrons. The number of amides is 1. The lowest BCUT2D eigenvalue weighted by Crippen LogP contribution is -2.38. The second-order valence-corrected chi connectivity index (χ2v) is 4.85. The van der Waals surface area contributed by atoms with Crippen molar-refractivity contribution in [3.63, 3.8) is 0 Å². The largest absolute Gasteiger partial charge is 0.393 e. The fraction of sp³-hybridized carbons (Fsp3) is 0.417. The van der Waals surface area contributed by atoms with E-state index in [-0.39, 0.29) is 22.6 Å². The van der Waals surface area contributed by atoms with E-state index in [1.54, 1.807) is 0 Å². The molecule has 1 fully saturated rings. The lowest BCUT2D eigenvalue weighted by Gasteiger charge is -2.31. The number of benzene rings is 1. The van der Waals surface area contributed by atoms with Gasteiger partial charge in [0.25, 0.3) is 5.91 Å². The lowest BCUT2D eigenvalue weighted by atomic mass is 9.82. The van der Waals surface area contributed by atoms with Crippen LogP contribution in [-0.4, -0.2) is 23.7 Å². The minimum Gasteiger partial charge on any atom is -0.393 e. The Bertz CT molecular complexity index is 475. The predicted molar refractivity (Wildman–Crippen MR) is 62.4 cm³/mol. The highest BCUT2D eigenvalue weighted by atomic mass is 35.5. The summed E-state index contributed by atoms with van der Waals surface area (Å²) < 4.78 is 25.8. The Balaban J connectivity index is 1.98. The Hall–Kier alpha value is -1.20. The van der Waals surface area contributed by atoms with Gasteiger partial charge >= 0.3 is 0 Å². The minimum absolute atomic E-state index is 0.0876. The van der Waals surface area contributed by atoms with Crippen molar-refractivity contribution in [2.24, 2.45) is 5.92 Å². The van der Waals surface area contributed by atoms with Crippen LogP contribution < -0.4 is 5.32 Å². The zero-order valence-electron chi connectivity index (χ0n) is 9.42. The van der Waals surface area contributed by atoms with Crippen LogP contribution in [0.2, 0.25) is 5.02 Å². The van der Waals surface area contributed by atoms with Gasteiger partial charge in [-0.1, -0.05) is 11.6 Å². The van der Waals surface area contributed by atoms with Crippen molar-refractivity contribution in [3.8, 4) is 0 Å². The molecule has 0 aromatic heterocycles. The average molecular weight is 276 g/mol. The molecule has 1 saturated carbocycles. The molecule has 1 aliphatic rings. The Morgan fingerprint density at radius 1 is 1.39 bits per heavy atom. The highest BCUT2D eigenvalue weighted by Gasteiger charge is 2.27. The van der Waals surface area contributed by atoms with Gasteiger partial charge in [-0.05, 0) is 30.9 Å². The van der Waals surface area contributed by atoms with E-state index in [4.69, 9.17) is 16.7 Å². The van der Waals surface area contributed by atoms with Crippen molar-refractivity contribution < 1.29 is 18.7 Å². The Morgan fingerprint density at radius 3 is 2.61 bits per heavy atom. The second kappa shape index (κ2) is 5.20. The zero-order chi connectivity index (χ0) is 13.3. The normalized spacial score (nSPS) is 22.4. The molecule has 0 unspecified atom stereocenters. The monoisotopic (exact) mass is 275 g/mol. The van der Waals surface area contributed by atoms with E-state index in [1.807, 2.05) is 0 Å². The van der Waals surface area contributed by atoms with E-state index in [2.05, 4.69) is 5.32 Å². The van der Waals surface area contributed by atoms with Gasteiger partial charge in [0.2, 0.25) is 0 Å².